The van der Waals surface area contributed by atoms with Gasteiger partial charge in [0.15, 0.2) is 0 Å². The molecule has 1 aliphatic carbocycles. The maximum Gasteiger partial charge on any atom is 0.149 e. The van der Waals surface area contributed by atoms with Gasteiger partial charge in [-0.1, -0.05) is 12.8 Å². The van der Waals surface area contributed by atoms with E-state index in [4.69, 9.17) is 0 Å². The van der Waals surface area contributed by atoms with Crippen LogP contribution in [0.25, 0.3) is 0 Å². The second-order valence-corrected chi connectivity index (χ2v) is 6.04. The molecular formula is C13H20N2OS. The lowest BCUT2D eigenvalue weighted by molar-refractivity contribution is -0.123. The molecule has 1 saturated carbocycles. The van der Waals surface area contributed by atoms with E-state index in [1.165, 1.54) is 12.8 Å². The summed E-state index contributed by atoms with van der Waals surface area (Å²) in [5, 5.41) is 3.17. The predicted octanol–water partition coefficient (Wildman–Crippen LogP) is 2.64. The van der Waals surface area contributed by atoms with E-state index in [0.29, 0.717) is 18.2 Å². The fourth-order valence-electron chi connectivity index (χ4n) is 2.46. The Labute approximate surface area is 107 Å². The van der Waals surface area contributed by atoms with Gasteiger partial charge in [0.2, 0.25) is 0 Å². The van der Waals surface area contributed by atoms with Gasteiger partial charge >= 0.3 is 0 Å². The number of aromatic nitrogens is 1. The molecule has 0 radical (unpaired) electrons. The minimum atomic E-state index is 0.328. The van der Waals surface area contributed by atoms with Crippen LogP contribution in [0.4, 0.5) is 0 Å². The third kappa shape index (κ3) is 3.61. The van der Waals surface area contributed by atoms with Crippen molar-refractivity contribution in [1.82, 2.24) is 9.88 Å². The lowest BCUT2D eigenvalue weighted by Crippen LogP contribution is -2.29. The fraction of sp³-hybridized carbons (Fsp3) is 0.692. The summed E-state index contributed by atoms with van der Waals surface area (Å²) in [6.45, 7) is 3.36. The van der Waals surface area contributed by atoms with Gasteiger partial charge in [-0.25, -0.2) is 4.98 Å². The average molecular weight is 252 g/mol. The highest BCUT2D eigenvalue weighted by Crippen LogP contribution is 2.25. The molecule has 0 saturated heterocycles. The van der Waals surface area contributed by atoms with Crippen LogP contribution in [0.2, 0.25) is 0 Å². The molecule has 17 heavy (non-hydrogen) atoms. The number of thiazole rings is 1. The summed E-state index contributed by atoms with van der Waals surface area (Å²) in [6, 6.07) is 0. The number of nitrogens with zero attached hydrogens (tertiary/aromatic N) is 2. The first-order valence-electron chi connectivity index (χ1n) is 6.27. The Balaban J connectivity index is 1.80. The van der Waals surface area contributed by atoms with E-state index < -0.39 is 0 Å². The molecule has 0 spiro atoms. The van der Waals surface area contributed by atoms with Gasteiger partial charge in [-0.05, 0) is 26.8 Å². The second-order valence-electron chi connectivity index (χ2n) is 4.98. The number of likely N-dealkylation sites (N-methyl/N-ethyl adjacent to an activating group) is 1. The van der Waals surface area contributed by atoms with Gasteiger partial charge in [0.1, 0.15) is 5.78 Å². The van der Waals surface area contributed by atoms with Gasteiger partial charge in [0.05, 0.1) is 17.2 Å². The highest BCUT2D eigenvalue weighted by atomic mass is 32.1. The molecule has 2 rings (SSSR count). The van der Waals surface area contributed by atoms with Crippen molar-refractivity contribution in [2.24, 2.45) is 5.92 Å². The molecule has 3 nitrogen and oxygen atoms in total. The Bertz CT molecular complexity index is 383. The van der Waals surface area contributed by atoms with Gasteiger partial charge in [0, 0.05) is 17.8 Å². The summed E-state index contributed by atoms with van der Waals surface area (Å²) in [5.74, 6) is 0.742. The standard InChI is InChI=1S/C13H20N2OS/c1-10-14-12(9-17-10)7-15(2)8-13(16)11-5-3-4-6-11/h9,11H,3-8H2,1-2H3. The number of Topliss-reactive ketones (excluding diaryl/α,β-unsaturated/α-hetero) is 1. The predicted molar refractivity (Wildman–Crippen MR) is 70.2 cm³/mol. The van der Waals surface area contributed by atoms with Crippen LogP contribution in [0.1, 0.15) is 36.4 Å². The van der Waals surface area contributed by atoms with Crippen LogP contribution in [0.15, 0.2) is 5.38 Å². The number of hydrogen-bond acceptors (Lipinski definition) is 4. The van der Waals surface area contributed by atoms with Crippen LogP contribution in [-0.2, 0) is 11.3 Å². The molecule has 0 aliphatic heterocycles. The zero-order valence-electron chi connectivity index (χ0n) is 10.6. The van der Waals surface area contributed by atoms with Gasteiger partial charge in [-0.3, -0.25) is 9.69 Å². The lowest BCUT2D eigenvalue weighted by Gasteiger charge is -2.16. The quantitative estimate of drug-likeness (QED) is 0.807. The van der Waals surface area contributed by atoms with Crippen molar-refractivity contribution >= 4 is 17.1 Å². The first kappa shape index (κ1) is 12.7. The molecule has 1 heterocycles. The number of rotatable bonds is 5. The van der Waals surface area contributed by atoms with Crippen LogP contribution < -0.4 is 0 Å². The van der Waals surface area contributed by atoms with E-state index in [2.05, 4.69) is 15.3 Å². The van der Waals surface area contributed by atoms with Crippen LogP contribution >= 0.6 is 11.3 Å². The normalized spacial score (nSPS) is 16.9. The minimum Gasteiger partial charge on any atom is -0.298 e. The summed E-state index contributed by atoms with van der Waals surface area (Å²) in [4.78, 5) is 18.5. The summed E-state index contributed by atoms with van der Waals surface area (Å²) < 4.78 is 0. The maximum atomic E-state index is 12.0. The molecule has 0 aromatic carbocycles. The molecule has 0 bridgehead atoms. The van der Waals surface area contributed by atoms with Crippen molar-refractivity contribution in [1.29, 1.82) is 0 Å². The number of carbonyl (C=O) groups is 1. The molecular weight excluding hydrogens is 232 g/mol. The molecule has 1 aromatic rings. The molecule has 1 aliphatic rings. The monoisotopic (exact) mass is 252 g/mol. The highest BCUT2D eigenvalue weighted by molar-refractivity contribution is 7.09. The zero-order chi connectivity index (χ0) is 12.3. The second kappa shape index (κ2) is 5.74. The molecule has 1 fully saturated rings. The third-order valence-electron chi connectivity index (χ3n) is 3.33. The summed E-state index contributed by atoms with van der Waals surface area (Å²) >= 11 is 1.67. The summed E-state index contributed by atoms with van der Waals surface area (Å²) in [6.07, 6.45) is 4.65. The Morgan fingerprint density at radius 1 is 1.53 bits per heavy atom. The van der Waals surface area contributed by atoms with Crippen LogP contribution in [0.3, 0.4) is 0 Å². The van der Waals surface area contributed by atoms with E-state index in [1.54, 1.807) is 11.3 Å². The zero-order valence-corrected chi connectivity index (χ0v) is 11.4. The molecule has 1 aromatic heterocycles. The van der Waals surface area contributed by atoms with E-state index in [9.17, 15) is 4.79 Å². The SMILES string of the molecule is Cc1nc(CN(C)CC(=O)C2CCCC2)cs1. The van der Waals surface area contributed by atoms with Crippen molar-refractivity contribution in [3.05, 3.63) is 16.1 Å². The molecule has 94 valence electrons. The number of hydrogen-bond donors (Lipinski definition) is 0. The third-order valence-corrected chi connectivity index (χ3v) is 4.16. The average Bonchev–Trinajstić information content (AvgIpc) is 2.89. The van der Waals surface area contributed by atoms with Gasteiger partial charge < -0.3 is 0 Å². The molecule has 0 N–H and O–H groups in total. The van der Waals surface area contributed by atoms with E-state index >= 15 is 0 Å². The van der Waals surface area contributed by atoms with Crippen LogP contribution in [-0.4, -0.2) is 29.3 Å². The Morgan fingerprint density at radius 2 is 2.24 bits per heavy atom. The molecule has 0 unspecified atom stereocenters. The summed E-state index contributed by atoms with van der Waals surface area (Å²) in [5.41, 5.74) is 1.08. The van der Waals surface area contributed by atoms with E-state index in [1.807, 2.05) is 14.0 Å². The Hall–Kier alpha value is -0.740. The Kier molecular flexibility index (Phi) is 4.29. The van der Waals surface area contributed by atoms with Crippen LogP contribution in [0.5, 0.6) is 0 Å². The highest BCUT2D eigenvalue weighted by Gasteiger charge is 2.23. The van der Waals surface area contributed by atoms with Crippen molar-refractivity contribution < 1.29 is 4.79 Å². The molecule has 4 heteroatoms. The molecule has 0 atom stereocenters. The lowest BCUT2D eigenvalue weighted by atomic mass is 10.0. The van der Waals surface area contributed by atoms with Crippen molar-refractivity contribution in [3.63, 3.8) is 0 Å². The first-order valence-corrected chi connectivity index (χ1v) is 7.15. The van der Waals surface area contributed by atoms with Gasteiger partial charge in [-0.2, -0.15) is 0 Å². The number of carbonyl (C=O) groups excluding carboxylic acids is 1. The minimum absolute atomic E-state index is 0.328. The van der Waals surface area contributed by atoms with E-state index in [-0.39, 0.29) is 0 Å². The molecule has 0 amide bonds. The van der Waals surface area contributed by atoms with Gasteiger partial charge in [0.25, 0.3) is 0 Å². The fourth-order valence-corrected chi connectivity index (χ4v) is 3.06. The topological polar surface area (TPSA) is 33.2 Å². The van der Waals surface area contributed by atoms with Crippen LogP contribution in [0, 0.1) is 12.8 Å². The van der Waals surface area contributed by atoms with E-state index in [0.717, 1.165) is 30.1 Å². The van der Waals surface area contributed by atoms with Crippen molar-refractivity contribution in [2.45, 2.75) is 39.2 Å². The van der Waals surface area contributed by atoms with Gasteiger partial charge in [-0.15, -0.1) is 11.3 Å². The van der Waals surface area contributed by atoms with Crippen molar-refractivity contribution in [2.75, 3.05) is 13.6 Å². The number of ketones is 1. The summed E-state index contributed by atoms with van der Waals surface area (Å²) in [7, 11) is 2.00. The number of aryl methyl sites for hydroxylation is 1. The Morgan fingerprint density at radius 3 is 2.82 bits per heavy atom. The smallest absolute Gasteiger partial charge is 0.149 e. The first-order chi connectivity index (χ1) is 8.15. The largest absolute Gasteiger partial charge is 0.298 e. The maximum absolute atomic E-state index is 12.0. The van der Waals surface area contributed by atoms with Crippen molar-refractivity contribution in [3.8, 4) is 0 Å².